The molecule has 0 fully saturated rings. The smallest absolute Gasteiger partial charge is 0.389 e. The average Bonchev–Trinajstić information content (AvgIpc) is 2.44. The van der Waals surface area contributed by atoms with Gasteiger partial charge in [0.1, 0.15) is 0 Å². The highest BCUT2D eigenvalue weighted by molar-refractivity contribution is 5.43. The first-order valence-corrected chi connectivity index (χ1v) is 6.49. The van der Waals surface area contributed by atoms with Gasteiger partial charge in [0.05, 0.1) is 26.9 Å². The monoisotopic (exact) mass is 307 g/mol. The molecular weight excluding hydrogens is 287 g/mol. The summed E-state index contributed by atoms with van der Waals surface area (Å²) in [4.78, 5) is 0. The van der Waals surface area contributed by atoms with E-state index in [-0.39, 0.29) is 19.6 Å². The maximum absolute atomic E-state index is 12.0. The fraction of sp³-hybridized carbons (Fsp3) is 0.571. The van der Waals surface area contributed by atoms with Gasteiger partial charge in [-0.2, -0.15) is 13.2 Å². The van der Waals surface area contributed by atoms with Gasteiger partial charge in [-0.15, -0.1) is 0 Å². The number of nitrogens with two attached hydrogens (primary N) is 1. The lowest BCUT2D eigenvalue weighted by Gasteiger charge is -2.15. The second-order valence-electron chi connectivity index (χ2n) is 4.51. The lowest BCUT2D eigenvalue weighted by Crippen LogP contribution is -2.18. The van der Waals surface area contributed by atoms with Crippen molar-refractivity contribution >= 4 is 0 Å². The molecule has 0 heterocycles. The van der Waals surface area contributed by atoms with E-state index in [1.54, 1.807) is 18.2 Å². The van der Waals surface area contributed by atoms with E-state index in [4.69, 9.17) is 19.9 Å². The van der Waals surface area contributed by atoms with E-state index >= 15 is 0 Å². The minimum absolute atomic E-state index is 0.0283. The molecule has 0 bridgehead atoms. The molecule has 1 rings (SSSR count). The van der Waals surface area contributed by atoms with E-state index in [0.29, 0.717) is 11.5 Å². The van der Waals surface area contributed by atoms with Crippen LogP contribution < -0.4 is 15.2 Å². The van der Waals surface area contributed by atoms with Crippen LogP contribution in [0.1, 0.15) is 24.4 Å². The fourth-order valence-electron chi connectivity index (χ4n) is 1.76. The molecule has 2 N–H and O–H groups in total. The van der Waals surface area contributed by atoms with Crippen molar-refractivity contribution in [2.75, 3.05) is 27.4 Å². The summed E-state index contributed by atoms with van der Waals surface area (Å²) in [6.07, 6.45) is -5.06. The normalized spacial score (nSPS) is 13.0. The maximum Gasteiger partial charge on any atom is 0.389 e. The molecule has 1 aromatic carbocycles. The second kappa shape index (κ2) is 8.09. The van der Waals surface area contributed by atoms with E-state index in [1.165, 1.54) is 14.2 Å². The van der Waals surface area contributed by atoms with Crippen LogP contribution >= 0.6 is 0 Å². The number of halogens is 3. The largest absolute Gasteiger partial charge is 0.493 e. The molecule has 0 saturated carbocycles. The molecule has 0 amide bonds. The van der Waals surface area contributed by atoms with Crippen LogP contribution in [-0.4, -0.2) is 33.6 Å². The third-order valence-electron chi connectivity index (χ3n) is 2.88. The second-order valence-corrected chi connectivity index (χ2v) is 4.51. The summed E-state index contributed by atoms with van der Waals surface area (Å²) in [5.74, 6) is 1.13. The first kappa shape index (κ1) is 17.6. The lowest BCUT2D eigenvalue weighted by atomic mass is 10.1. The highest BCUT2D eigenvalue weighted by atomic mass is 19.4. The van der Waals surface area contributed by atoms with Gasteiger partial charge in [-0.05, 0) is 24.1 Å². The summed E-state index contributed by atoms with van der Waals surface area (Å²) in [6.45, 7) is 0.174. The predicted molar refractivity (Wildman–Crippen MR) is 72.6 cm³/mol. The van der Waals surface area contributed by atoms with Crippen molar-refractivity contribution in [1.82, 2.24) is 0 Å². The molecule has 1 unspecified atom stereocenters. The Morgan fingerprint density at radius 2 is 1.81 bits per heavy atom. The Morgan fingerprint density at radius 3 is 2.38 bits per heavy atom. The van der Waals surface area contributed by atoms with E-state index in [0.717, 1.165) is 5.56 Å². The van der Waals surface area contributed by atoms with Gasteiger partial charge >= 0.3 is 6.18 Å². The Morgan fingerprint density at radius 1 is 1.14 bits per heavy atom. The predicted octanol–water partition coefficient (Wildman–Crippen LogP) is 3.06. The summed E-state index contributed by atoms with van der Waals surface area (Å²) in [6, 6.07) is 4.78. The SMILES string of the molecule is COc1ccc(C(N)COCCCC(F)(F)F)cc1OC. The molecule has 120 valence electrons. The maximum atomic E-state index is 12.0. The number of alkyl halides is 3. The molecule has 4 nitrogen and oxygen atoms in total. The van der Waals surface area contributed by atoms with Gasteiger partial charge in [0.25, 0.3) is 0 Å². The molecule has 0 aliphatic carbocycles. The van der Waals surface area contributed by atoms with E-state index in [9.17, 15) is 13.2 Å². The van der Waals surface area contributed by atoms with E-state index in [2.05, 4.69) is 0 Å². The Hall–Kier alpha value is -1.47. The van der Waals surface area contributed by atoms with Gasteiger partial charge < -0.3 is 19.9 Å². The van der Waals surface area contributed by atoms with E-state index in [1.807, 2.05) is 0 Å². The Kier molecular flexibility index (Phi) is 6.77. The highest BCUT2D eigenvalue weighted by Gasteiger charge is 2.26. The van der Waals surface area contributed by atoms with Gasteiger partial charge in [-0.1, -0.05) is 6.07 Å². The fourth-order valence-corrected chi connectivity index (χ4v) is 1.76. The van der Waals surface area contributed by atoms with Crippen LogP contribution in [-0.2, 0) is 4.74 Å². The molecule has 1 atom stereocenters. The molecule has 0 saturated heterocycles. The highest BCUT2D eigenvalue weighted by Crippen LogP contribution is 2.29. The van der Waals surface area contributed by atoms with E-state index < -0.39 is 18.6 Å². The first-order chi connectivity index (χ1) is 9.87. The van der Waals surface area contributed by atoms with Crippen molar-refractivity contribution < 1.29 is 27.4 Å². The number of methoxy groups -OCH3 is 2. The molecule has 0 radical (unpaired) electrons. The summed E-state index contributed by atoms with van der Waals surface area (Å²) >= 11 is 0. The Balaban J connectivity index is 2.43. The van der Waals surface area contributed by atoms with Crippen molar-refractivity contribution in [3.8, 4) is 11.5 Å². The lowest BCUT2D eigenvalue weighted by molar-refractivity contribution is -0.137. The quantitative estimate of drug-likeness (QED) is 0.750. The third kappa shape index (κ3) is 6.22. The number of benzene rings is 1. The molecular formula is C14H20F3NO3. The third-order valence-corrected chi connectivity index (χ3v) is 2.88. The van der Waals surface area contributed by atoms with Gasteiger partial charge in [-0.25, -0.2) is 0 Å². The standard InChI is InChI=1S/C14H20F3NO3/c1-19-12-5-4-10(8-13(12)20-2)11(18)9-21-7-3-6-14(15,16)17/h4-5,8,11H,3,6-7,9,18H2,1-2H3. The minimum Gasteiger partial charge on any atom is -0.493 e. The minimum atomic E-state index is -4.14. The molecule has 0 aliphatic rings. The van der Waals surface area contributed by atoms with Crippen LogP contribution in [0.15, 0.2) is 18.2 Å². The molecule has 0 aromatic heterocycles. The summed E-state index contributed by atoms with van der Waals surface area (Å²) in [7, 11) is 3.04. The van der Waals surface area contributed by atoms with Crippen LogP contribution in [0.2, 0.25) is 0 Å². The zero-order valence-electron chi connectivity index (χ0n) is 12.1. The van der Waals surface area contributed by atoms with Gasteiger partial charge in [0, 0.05) is 13.0 Å². The van der Waals surface area contributed by atoms with Crippen LogP contribution in [0.3, 0.4) is 0 Å². The van der Waals surface area contributed by atoms with Crippen LogP contribution in [0.25, 0.3) is 0 Å². The number of hydrogen-bond acceptors (Lipinski definition) is 4. The van der Waals surface area contributed by atoms with Crippen molar-refractivity contribution in [2.45, 2.75) is 25.1 Å². The zero-order valence-corrected chi connectivity index (χ0v) is 12.1. The van der Waals surface area contributed by atoms with Crippen LogP contribution in [0, 0.1) is 0 Å². The Labute approximate surface area is 122 Å². The van der Waals surface area contributed by atoms with Crippen molar-refractivity contribution in [1.29, 1.82) is 0 Å². The molecule has 1 aromatic rings. The summed E-state index contributed by atoms with van der Waals surface area (Å²) in [5.41, 5.74) is 6.70. The van der Waals surface area contributed by atoms with Crippen molar-refractivity contribution in [3.63, 3.8) is 0 Å². The molecule has 21 heavy (non-hydrogen) atoms. The van der Waals surface area contributed by atoms with Crippen LogP contribution in [0.5, 0.6) is 11.5 Å². The van der Waals surface area contributed by atoms with Gasteiger partial charge in [0.2, 0.25) is 0 Å². The number of ether oxygens (including phenoxy) is 3. The Bertz CT molecular complexity index is 438. The molecule has 0 spiro atoms. The molecule has 7 heteroatoms. The van der Waals surface area contributed by atoms with Crippen LogP contribution in [0.4, 0.5) is 13.2 Å². The molecule has 0 aliphatic heterocycles. The van der Waals surface area contributed by atoms with Gasteiger partial charge in [-0.3, -0.25) is 0 Å². The number of rotatable bonds is 8. The van der Waals surface area contributed by atoms with Crippen molar-refractivity contribution in [3.05, 3.63) is 23.8 Å². The number of hydrogen-bond donors (Lipinski definition) is 1. The van der Waals surface area contributed by atoms with Crippen molar-refractivity contribution in [2.24, 2.45) is 5.73 Å². The first-order valence-electron chi connectivity index (χ1n) is 6.49. The topological polar surface area (TPSA) is 53.7 Å². The van der Waals surface area contributed by atoms with Gasteiger partial charge in [0.15, 0.2) is 11.5 Å². The average molecular weight is 307 g/mol. The zero-order chi connectivity index (χ0) is 15.9. The summed E-state index contributed by atoms with van der Waals surface area (Å²) in [5, 5.41) is 0. The summed E-state index contributed by atoms with van der Waals surface area (Å²) < 4.78 is 51.3.